The zero-order chi connectivity index (χ0) is 10.4. The summed E-state index contributed by atoms with van der Waals surface area (Å²) >= 11 is 2.18. The number of hydrogen-bond acceptors (Lipinski definition) is 2. The van der Waals surface area contributed by atoms with E-state index in [1.165, 1.54) is 31.4 Å². The van der Waals surface area contributed by atoms with E-state index in [1.54, 1.807) is 0 Å². The van der Waals surface area contributed by atoms with Gasteiger partial charge in [0.1, 0.15) is 0 Å². The Morgan fingerprint density at radius 3 is 2.71 bits per heavy atom. The Labute approximate surface area is 93.4 Å². The van der Waals surface area contributed by atoms with Crippen molar-refractivity contribution in [2.45, 2.75) is 57.7 Å². The summed E-state index contributed by atoms with van der Waals surface area (Å²) in [7, 11) is 0. The molecule has 1 rings (SSSR count). The van der Waals surface area contributed by atoms with Gasteiger partial charge in [0.15, 0.2) is 0 Å². The van der Waals surface area contributed by atoms with Crippen LogP contribution in [-0.2, 0) is 0 Å². The van der Waals surface area contributed by atoms with E-state index in [9.17, 15) is 0 Å². The zero-order valence-corrected chi connectivity index (χ0v) is 10.7. The molecule has 84 valence electrons. The third-order valence-corrected chi connectivity index (χ3v) is 4.75. The van der Waals surface area contributed by atoms with Gasteiger partial charge >= 0.3 is 0 Å². The van der Waals surface area contributed by atoms with Gasteiger partial charge in [-0.2, -0.15) is 11.8 Å². The van der Waals surface area contributed by atoms with Gasteiger partial charge in [0.2, 0.25) is 0 Å². The van der Waals surface area contributed by atoms with E-state index in [0.29, 0.717) is 0 Å². The molecule has 0 amide bonds. The summed E-state index contributed by atoms with van der Waals surface area (Å²) in [5, 5.41) is 4.56. The SMILES string of the molecule is CCNC(CC(C)CC)C1CCCS1. The maximum absolute atomic E-state index is 3.67. The molecule has 0 aromatic rings. The van der Waals surface area contributed by atoms with E-state index in [4.69, 9.17) is 0 Å². The highest BCUT2D eigenvalue weighted by molar-refractivity contribution is 8.00. The molecule has 0 saturated carbocycles. The van der Waals surface area contributed by atoms with Crippen LogP contribution >= 0.6 is 11.8 Å². The number of thioether (sulfide) groups is 1. The number of nitrogens with one attached hydrogen (secondary N) is 1. The predicted octanol–water partition coefficient (Wildman–Crippen LogP) is 3.30. The Bertz CT molecular complexity index is 143. The van der Waals surface area contributed by atoms with Gasteiger partial charge in [-0.25, -0.2) is 0 Å². The summed E-state index contributed by atoms with van der Waals surface area (Å²) in [6.07, 6.45) is 5.54. The molecule has 0 aromatic heterocycles. The molecule has 3 atom stereocenters. The van der Waals surface area contributed by atoms with Gasteiger partial charge in [-0.15, -0.1) is 0 Å². The highest BCUT2D eigenvalue weighted by Gasteiger charge is 2.25. The molecule has 1 aliphatic heterocycles. The van der Waals surface area contributed by atoms with Crippen molar-refractivity contribution in [3.63, 3.8) is 0 Å². The monoisotopic (exact) mass is 215 g/mol. The molecule has 1 heterocycles. The minimum absolute atomic E-state index is 0.766. The van der Waals surface area contributed by atoms with Crippen LogP contribution in [0.15, 0.2) is 0 Å². The van der Waals surface area contributed by atoms with Crippen LogP contribution in [0, 0.1) is 5.92 Å². The fourth-order valence-electron chi connectivity index (χ4n) is 2.15. The van der Waals surface area contributed by atoms with Crippen LogP contribution < -0.4 is 5.32 Å². The number of rotatable bonds is 6. The van der Waals surface area contributed by atoms with Crippen LogP contribution in [0.1, 0.15) is 46.5 Å². The lowest BCUT2D eigenvalue weighted by molar-refractivity contribution is 0.386. The van der Waals surface area contributed by atoms with E-state index in [0.717, 1.165) is 23.8 Å². The van der Waals surface area contributed by atoms with Crippen LogP contribution in [0.2, 0.25) is 0 Å². The average molecular weight is 215 g/mol. The van der Waals surface area contributed by atoms with Crippen LogP contribution in [-0.4, -0.2) is 23.6 Å². The van der Waals surface area contributed by atoms with Crippen LogP contribution in [0.3, 0.4) is 0 Å². The van der Waals surface area contributed by atoms with Gasteiger partial charge in [-0.05, 0) is 37.5 Å². The van der Waals surface area contributed by atoms with Crippen molar-refractivity contribution in [2.75, 3.05) is 12.3 Å². The Morgan fingerprint density at radius 1 is 1.43 bits per heavy atom. The average Bonchev–Trinajstić information content (AvgIpc) is 2.69. The maximum Gasteiger partial charge on any atom is 0.0201 e. The Hall–Kier alpha value is 0.310. The van der Waals surface area contributed by atoms with Crippen molar-refractivity contribution in [3.8, 4) is 0 Å². The fourth-order valence-corrected chi connectivity index (χ4v) is 3.56. The highest BCUT2D eigenvalue weighted by Crippen LogP contribution is 2.31. The van der Waals surface area contributed by atoms with Crippen molar-refractivity contribution in [1.29, 1.82) is 0 Å². The normalized spacial score (nSPS) is 26.4. The molecule has 0 aliphatic carbocycles. The first-order valence-corrected chi connectivity index (χ1v) is 7.17. The van der Waals surface area contributed by atoms with Crippen molar-refractivity contribution >= 4 is 11.8 Å². The molecule has 0 spiro atoms. The Morgan fingerprint density at radius 2 is 2.21 bits per heavy atom. The molecule has 3 unspecified atom stereocenters. The summed E-state index contributed by atoms with van der Waals surface area (Å²) in [5.74, 6) is 2.26. The predicted molar refractivity (Wildman–Crippen MR) is 67.0 cm³/mol. The third-order valence-electron chi connectivity index (χ3n) is 3.23. The van der Waals surface area contributed by atoms with E-state index in [1.807, 2.05) is 0 Å². The molecule has 1 N–H and O–H groups in total. The van der Waals surface area contributed by atoms with Crippen molar-refractivity contribution in [1.82, 2.24) is 5.32 Å². The van der Waals surface area contributed by atoms with Gasteiger partial charge < -0.3 is 5.32 Å². The quantitative estimate of drug-likeness (QED) is 0.729. The first-order chi connectivity index (χ1) is 6.77. The minimum atomic E-state index is 0.766. The van der Waals surface area contributed by atoms with E-state index < -0.39 is 0 Å². The molecular formula is C12H25NS. The second-order valence-electron chi connectivity index (χ2n) is 4.46. The molecular weight excluding hydrogens is 190 g/mol. The standard InChI is InChI=1S/C12H25NS/c1-4-10(3)9-11(13-5-2)12-7-6-8-14-12/h10-13H,4-9H2,1-3H3. The lowest BCUT2D eigenvalue weighted by Crippen LogP contribution is -2.38. The molecule has 1 fully saturated rings. The molecule has 0 radical (unpaired) electrons. The molecule has 14 heavy (non-hydrogen) atoms. The van der Waals surface area contributed by atoms with E-state index in [-0.39, 0.29) is 0 Å². The molecule has 2 heteroatoms. The van der Waals surface area contributed by atoms with E-state index >= 15 is 0 Å². The second kappa shape index (κ2) is 6.73. The van der Waals surface area contributed by atoms with Gasteiger partial charge in [-0.3, -0.25) is 0 Å². The number of hydrogen-bond donors (Lipinski definition) is 1. The topological polar surface area (TPSA) is 12.0 Å². The summed E-state index contributed by atoms with van der Waals surface area (Å²) in [6, 6.07) is 0.766. The van der Waals surface area contributed by atoms with Gasteiger partial charge in [0.05, 0.1) is 0 Å². The zero-order valence-electron chi connectivity index (χ0n) is 9.88. The first kappa shape index (κ1) is 12.4. The first-order valence-electron chi connectivity index (χ1n) is 6.12. The Kier molecular flexibility index (Phi) is 5.95. The minimum Gasteiger partial charge on any atom is -0.313 e. The summed E-state index contributed by atoms with van der Waals surface area (Å²) in [4.78, 5) is 0. The van der Waals surface area contributed by atoms with Crippen molar-refractivity contribution < 1.29 is 0 Å². The smallest absolute Gasteiger partial charge is 0.0201 e. The molecule has 0 aromatic carbocycles. The fraction of sp³-hybridized carbons (Fsp3) is 1.00. The molecule has 1 saturated heterocycles. The summed E-state index contributed by atoms with van der Waals surface area (Å²) < 4.78 is 0. The van der Waals surface area contributed by atoms with Gasteiger partial charge in [-0.1, -0.05) is 27.2 Å². The van der Waals surface area contributed by atoms with Crippen LogP contribution in [0.4, 0.5) is 0 Å². The van der Waals surface area contributed by atoms with Gasteiger partial charge in [0.25, 0.3) is 0 Å². The molecule has 1 nitrogen and oxygen atoms in total. The lowest BCUT2D eigenvalue weighted by atomic mass is 9.95. The largest absolute Gasteiger partial charge is 0.313 e. The highest BCUT2D eigenvalue weighted by atomic mass is 32.2. The summed E-state index contributed by atoms with van der Waals surface area (Å²) in [6.45, 7) is 8.03. The maximum atomic E-state index is 3.67. The lowest BCUT2D eigenvalue weighted by Gasteiger charge is -2.26. The molecule has 1 aliphatic rings. The van der Waals surface area contributed by atoms with Crippen molar-refractivity contribution in [3.05, 3.63) is 0 Å². The van der Waals surface area contributed by atoms with Crippen LogP contribution in [0.5, 0.6) is 0 Å². The van der Waals surface area contributed by atoms with Gasteiger partial charge in [0, 0.05) is 11.3 Å². The van der Waals surface area contributed by atoms with Crippen molar-refractivity contribution in [2.24, 2.45) is 5.92 Å². The second-order valence-corrected chi connectivity index (χ2v) is 5.81. The summed E-state index contributed by atoms with van der Waals surface area (Å²) in [5.41, 5.74) is 0. The van der Waals surface area contributed by atoms with E-state index in [2.05, 4.69) is 37.8 Å². The third kappa shape index (κ3) is 3.82. The Balaban J connectivity index is 2.36. The molecule has 0 bridgehead atoms. The van der Waals surface area contributed by atoms with Crippen LogP contribution in [0.25, 0.3) is 0 Å².